The van der Waals surface area contributed by atoms with Crippen LogP contribution in [0.25, 0.3) is 11.3 Å². The molecule has 1 saturated heterocycles. The van der Waals surface area contributed by atoms with Gasteiger partial charge in [-0.15, -0.1) is 0 Å². The number of hydrogen-bond acceptors (Lipinski definition) is 4. The van der Waals surface area contributed by atoms with Gasteiger partial charge in [0, 0.05) is 29.6 Å². The molecule has 8 heteroatoms. The van der Waals surface area contributed by atoms with Gasteiger partial charge in [0.1, 0.15) is 11.5 Å². The Morgan fingerprint density at radius 1 is 1.08 bits per heavy atom. The van der Waals surface area contributed by atoms with E-state index in [1.807, 2.05) is 42.5 Å². The molecule has 2 atom stereocenters. The first-order valence-electron chi connectivity index (χ1n) is 12.3. The molecule has 2 heterocycles. The fourth-order valence-electron chi connectivity index (χ4n) is 5.60. The number of aromatic nitrogens is 1. The molecule has 3 aromatic carbocycles. The summed E-state index contributed by atoms with van der Waals surface area (Å²) in [5.74, 6) is -1.68. The number of H-pyrrole nitrogens is 1. The zero-order chi connectivity index (χ0) is 27.0. The first-order valence-corrected chi connectivity index (χ1v) is 12.7. The molecule has 1 aromatic heterocycles. The summed E-state index contributed by atoms with van der Waals surface area (Å²) in [7, 11) is 0. The minimum atomic E-state index is -1.64. The van der Waals surface area contributed by atoms with Gasteiger partial charge in [-0.2, -0.15) is 5.26 Å². The standard InChI is InChI=1S/C30H26ClF2N3O2/c1-30(2,33)27(22-11-21(12-25(32)13-22)26-15-35-29(37)38-26)23-16-36(17-23)28(19-6-8-24(31)9-7-19)20-5-3-4-18(10-20)14-34/h3-13,15,23,27-28H,16-17H2,1-2H3,(H,35,37). The van der Waals surface area contributed by atoms with Crippen molar-refractivity contribution in [2.75, 3.05) is 13.1 Å². The summed E-state index contributed by atoms with van der Waals surface area (Å²) in [6.07, 6.45) is 1.37. The van der Waals surface area contributed by atoms with Crippen molar-refractivity contribution in [3.05, 3.63) is 117 Å². The van der Waals surface area contributed by atoms with E-state index in [0.29, 0.717) is 34.8 Å². The average molecular weight is 534 g/mol. The molecule has 0 spiro atoms. The number of nitrogens with zero attached hydrogens (tertiary/aromatic N) is 2. The maximum atomic E-state index is 15.7. The Hall–Kier alpha value is -3.73. The molecule has 1 fully saturated rings. The van der Waals surface area contributed by atoms with Gasteiger partial charge >= 0.3 is 5.76 Å². The van der Waals surface area contributed by atoms with Crippen LogP contribution in [-0.4, -0.2) is 28.6 Å². The van der Waals surface area contributed by atoms with Crippen molar-refractivity contribution >= 4 is 11.6 Å². The van der Waals surface area contributed by atoms with Crippen molar-refractivity contribution in [1.29, 1.82) is 5.26 Å². The number of nitrogens with one attached hydrogen (secondary N) is 1. The Kier molecular flexibility index (Phi) is 6.95. The van der Waals surface area contributed by atoms with Crippen molar-refractivity contribution in [3.63, 3.8) is 0 Å². The first kappa shape index (κ1) is 25.9. The molecule has 5 nitrogen and oxygen atoms in total. The fourth-order valence-corrected chi connectivity index (χ4v) is 5.72. The Bertz CT molecular complexity index is 1540. The highest BCUT2D eigenvalue weighted by Gasteiger charge is 2.45. The lowest BCUT2D eigenvalue weighted by atomic mass is 9.72. The lowest BCUT2D eigenvalue weighted by Gasteiger charge is -2.50. The zero-order valence-electron chi connectivity index (χ0n) is 20.9. The molecule has 0 saturated carbocycles. The monoisotopic (exact) mass is 533 g/mol. The molecule has 1 aliphatic heterocycles. The van der Waals surface area contributed by atoms with E-state index in [0.717, 1.165) is 11.1 Å². The fraction of sp³-hybridized carbons (Fsp3) is 0.267. The summed E-state index contributed by atoms with van der Waals surface area (Å²) >= 11 is 6.14. The number of rotatable bonds is 7. The lowest BCUT2D eigenvalue weighted by Crippen LogP contribution is -2.53. The molecular formula is C30H26ClF2N3O2. The lowest BCUT2D eigenvalue weighted by molar-refractivity contribution is 0.00814. The van der Waals surface area contributed by atoms with Crippen molar-refractivity contribution < 1.29 is 13.2 Å². The van der Waals surface area contributed by atoms with Crippen LogP contribution in [0.2, 0.25) is 5.02 Å². The van der Waals surface area contributed by atoms with Gasteiger partial charge in [-0.05, 0) is 78.9 Å². The highest BCUT2D eigenvalue weighted by atomic mass is 35.5. The quantitative estimate of drug-likeness (QED) is 0.282. The van der Waals surface area contributed by atoms with Gasteiger partial charge in [-0.3, -0.25) is 9.88 Å². The maximum Gasteiger partial charge on any atom is 0.416 e. The largest absolute Gasteiger partial charge is 0.416 e. The summed E-state index contributed by atoms with van der Waals surface area (Å²) in [6.45, 7) is 4.14. The van der Waals surface area contributed by atoms with Crippen molar-refractivity contribution in [2.45, 2.75) is 31.5 Å². The molecule has 1 aliphatic rings. The average Bonchev–Trinajstić information content (AvgIpc) is 3.29. The number of benzene rings is 3. The highest BCUT2D eigenvalue weighted by Crippen LogP contribution is 2.46. The summed E-state index contributed by atoms with van der Waals surface area (Å²) in [5.41, 5.74) is 1.76. The molecule has 2 unspecified atom stereocenters. The van der Waals surface area contributed by atoms with Crippen LogP contribution in [0.1, 0.15) is 48.1 Å². The van der Waals surface area contributed by atoms with Crippen LogP contribution in [0.5, 0.6) is 0 Å². The SMILES string of the molecule is CC(C)(F)C(c1cc(F)cc(-c2c[nH]c(=O)o2)c1)C1CN(C(c2ccc(Cl)cc2)c2cccc(C#N)c2)C1. The first-order chi connectivity index (χ1) is 18.1. The van der Waals surface area contributed by atoms with Crippen molar-refractivity contribution in [2.24, 2.45) is 5.92 Å². The van der Waals surface area contributed by atoms with E-state index in [1.165, 1.54) is 32.2 Å². The van der Waals surface area contributed by atoms with Gasteiger partial charge in [0.2, 0.25) is 0 Å². The van der Waals surface area contributed by atoms with E-state index in [9.17, 15) is 14.4 Å². The Labute approximate surface area is 224 Å². The molecule has 1 N–H and O–H groups in total. The Balaban J connectivity index is 1.47. The van der Waals surface area contributed by atoms with Crippen molar-refractivity contribution in [3.8, 4) is 17.4 Å². The second kappa shape index (κ2) is 10.2. The van der Waals surface area contributed by atoms with E-state index >= 15 is 4.39 Å². The molecule has 0 aliphatic carbocycles. The number of hydrogen-bond donors (Lipinski definition) is 1. The second-order valence-electron chi connectivity index (χ2n) is 10.3. The minimum absolute atomic E-state index is 0.100. The van der Waals surface area contributed by atoms with Gasteiger partial charge in [0.25, 0.3) is 0 Å². The number of halogens is 3. The second-order valence-corrected chi connectivity index (χ2v) is 10.7. The molecule has 194 valence electrons. The minimum Gasteiger partial charge on any atom is -0.408 e. The van der Waals surface area contributed by atoms with E-state index in [1.54, 1.807) is 12.1 Å². The van der Waals surface area contributed by atoms with Gasteiger partial charge in [-0.1, -0.05) is 35.9 Å². The van der Waals surface area contributed by atoms with E-state index in [-0.39, 0.29) is 17.7 Å². The zero-order valence-corrected chi connectivity index (χ0v) is 21.7. The number of oxazole rings is 1. The van der Waals surface area contributed by atoms with Crippen LogP contribution >= 0.6 is 11.6 Å². The number of nitriles is 1. The third kappa shape index (κ3) is 5.28. The summed E-state index contributed by atoms with van der Waals surface area (Å²) in [4.78, 5) is 16.1. The number of alkyl halides is 1. The molecule has 0 bridgehead atoms. The third-order valence-electron chi connectivity index (χ3n) is 7.12. The van der Waals surface area contributed by atoms with Crippen LogP contribution in [-0.2, 0) is 0 Å². The topological polar surface area (TPSA) is 73.0 Å². The smallest absolute Gasteiger partial charge is 0.408 e. The van der Waals surface area contributed by atoms with E-state index in [4.69, 9.17) is 16.0 Å². The van der Waals surface area contributed by atoms with Crippen LogP contribution < -0.4 is 5.76 Å². The molecule has 0 radical (unpaired) electrons. The maximum absolute atomic E-state index is 15.7. The molecule has 38 heavy (non-hydrogen) atoms. The highest BCUT2D eigenvalue weighted by molar-refractivity contribution is 6.30. The normalized spacial score (nSPS) is 16.0. The summed E-state index contributed by atoms with van der Waals surface area (Å²) in [6, 6.07) is 21.4. The molecule has 5 rings (SSSR count). The van der Waals surface area contributed by atoms with Gasteiger partial charge in [0.15, 0.2) is 5.76 Å². The molecule has 4 aromatic rings. The molecule has 0 amide bonds. The Morgan fingerprint density at radius 3 is 2.45 bits per heavy atom. The summed E-state index contributed by atoms with van der Waals surface area (Å²) < 4.78 is 35.5. The number of likely N-dealkylation sites (tertiary alicyclic amines) is 1. The van der Waals surface area contributed by atoms with Crippen molar-refractivity contribution in [1.82, 2.24) is 9.88 Å². The summed E-state index contributed by atoms with van der Waals surface area (Å²) in [5, 5.41) is 10.1. The van der Waals surface area contributed by atoms with E-state index in [2.05, 4.69) is 16.0 Å². The third-order valence-corrected chi connectivity index (χ3v) is 7.37. The molecular weight excluding hydrogens is 508 g/mol. The van der Waals surface area contributed by atoms with Gasteiger partial charge in [0.05, 0.1) is 23.9 Å². The van der Waals surface area contributed by atoms with Crippen LogP contribution in [0.4, 0.5) is 8.78 Å². The predicted octanol–water partition coefficient (Wildman–Crippen LogP) is 6.85. The van der Waals surface area contributed by atoms with Crippen LogP contribution in [0.15, 0.2) is 82.1 Å². The number of aromatic amines is 1. The van der Waals surface area contributed by atoms with Crippen LogP contribution in [0, 0.1) is 23.1 Å². The Morgan fingerprint density at radius 2 is 1.82 bits per heavy atom. The predicted molar refractivity (Wildman–Crippen MR) is 142 cm³/mol. The van der Waals surface area contributed by atoms with Gasteiger partial charge < -0.3 is 4.42 Å². The van der Waals surface area contributed by atoms with Crippen LogP contribution in [0.3, 0.4) is 0 Å². The van der Waals surface area contributed by atoms with Gasteiger partial charge in [-0.25, -0.2) is 13.6 Å². The van der Waals surface area contributed by atoms with E-state index < -0.39 is 23.2 Å².